The van der Waals surface area contributed by atoms with Crippen LogP contribution in [0.25, 0.3) is 10.2 Å². The third kappa shape index (κ3) is 3.84. The van der Waals surface area contributed by atoms with Crippen LogP contribution < -0.4 is 5.56 Å². The lowest BCUT2D eigenvalue weighted by molar-refractivity contribution is 0.508. The van der Waals surface area contributed by atoms with E-state index in [-0.39, 0.29) is 5.56 Å². The zero-order chi connectivity index (χ0) is 20.5. The Morgan fingerprint density at radius 1 is 1.10 bits per heavy atom. The van der Waals surface area contributed by atoms with Crippen molar-refractivity contribution in [1.29, 1.82) is 0 Å². The van der Waals surface area contributed by atoms with E-state index in [1.54, 1.807) is 23.1 Å². The van der Waals surface area contributed by atoms with E-state index in [4.69, 9.17) is 4.98 Å². The fraction of sp³-hybridized carbons (Fsp3) is 0.280. The number of thioether (sulfide) groups is 1. The van der Waals surface area contributed by atoms with Crippen LogP contribution in [0.1, 0.15) is 35.2 Å². The number of hydrogen-bond donors (Lipinski definition) is 0. The van der Waals surface area contributed by atoms with Gasteiger partial charge in [-0.2, -0.15) is 0 Å². The first-order valence-corrected chi connectivity index (χ1v) is 12.2. The Labute approximate surface area is 184 Å². The molecule has 2 heterocycles. The predicted molar refractivity (Wildman–Crippen MR) is 127 cm³/mol. The summed E-state index contributed by atoms with van der Waals surface area (Å²) in [4.78, 5) is 22.2. The molecule has 1 unspecified atom stereocenters. The second kappa shape index (κ2) is 8.40. The molecule has 0 amide bonds. The van der Waals surface area contributed by atoms with E-state index in [1.807, 2.05) is 41.0 Å². The zero-order valence-electron chi connectivity index (χ0n) is 17.0. The van der Waals surface area contributed by atoms with Gasteiger partial charge in [-0.25, -0.2) is 4.98 Å². The van der Waals surface area contributed by atoms with Crippen LogP contribution in [0.3, 0.4) is 0 Å². The lowest BCUT2D eigenvalue weighted by Crippen LogP contribution is -2.26. The minimum absolute atomic E-state index is 0.124. The molecule has 1 atom stereocenters. The molecule has 1 aliphatic carbocycles. The average molecular weight is 433 g/mol. The van der Waals surface area contributed by atoms with Crippen molar-refractivity contribution in [1.82, 2.24) is 9.55 Å². The summed E-state index contributed by atoms with van der Waals surface area (Å²) in [6.45, 7) is 2.85. The molecule has 0 saturated carbocycles. The van der Waals surface area contributed by atoms with Crippen molar-refractivity contribution in [3.8, 4) is 0 Å². The molecule has 0 N–H and O–H groups in total. The largest absolute Gasteiger partial charge is 0.291 e. The van der Waals surface area contributed by atoms with Gasteiger partial charge in [0.05, 0.1) is 17.7 Å². The van der Waals surface area contributed by atoms with Gasteiger partial charge in [-0.3, -0.25) is 9.36 Å². The standard InChI is InChI=1S/C25H24N2OS2/c1-17-12-13-21-20(14-17)23-24(30-21)26-22(16-29-19-10-6-3-7-11-19)27(25(23)28)15-18-8-4-2-5-9-18/h2-11,17H,12-16H2,1H3. The maximum absolute atomic E-state index is 13.7. The summed E-state index contributed by atoms with van der Waals surface area (Å²) in [6.07, 6.45) is 3.27. The van der Waals surface area contributed by atoms with Crippen molar-refractivity contribution in [2.24, 2.45) is 5.92 Å². The predicted octanol–water partition coefficient (Wildman–Crippen LogP) is 5.92. The molecule has 1 aliphatic rings. The molecule has 0 radical (unpaired) electrons. The number of aromatic nitrogens is 2. The Balaban J connectivity index is 1.61. The van der Waals surface area contributed by atoms with Gasteiger partial charge in [-0.05, 0) is 48.4 Å². The molecular weight excluding hydrogens is 408 g/mol. The number of nitrogens with zero attached hydrogens (tertiary/aromatic N) is 2. The normalized spacial score (nSPS) is 16.0. The highest BCUT2D eigenvalue weighted by atomic mass is 32.2. The molecule has 4 aromatic rings. The first kappa shape index (κ1) is 19.6. The average Bonchev–Trinajstić information content (AvgIpc) is 3.13. The Bertz CT molecular complexity index is 1230. The maximum atomic E-state index is 13.7. The van der Waals surface area contributed by atoms with Gasteiger partial charge >= 0.3 is 0 Å². The van der Waals surface area contributed by atoms with Crippen molar-refractivity contribution < 1.29 is 0 Å². The summed E-state index contributed by atoms with van der Waals surface area (Å²) in [7, 11) is 0. The molecule has 2 aromatic heterocycles. The van der Waals surface area contributed by atoms with Crippen LogP contribution >= 0.6 is 23.1 Å². The smallest absolute Gasteiger partial charge is 0.262 e. The summed E-state index contributed by atoms with van der Waals surface area (Å²) >= 11 is 3.47. The van der Waals surface area contributed by atoms with E-state index in [0.29, 0.717) is 18.2 Å². The summed E-state index contributed by atoms with van der Waals surface area (Å²) in [5.74, 6) is 2.17. The number of thiophene rings is 1. The van der Waals surface area contributed by atoms with Crippen molar-refractivity contribution >= 4 is 33.3 Å². The van der Waals surface area contributed by atoms with Gasteiger partial charge < -0.3 is 0 Å². The van der Waals surface area contributed by atoms with E-state index in [9.17, 15) is 4.79 Å². The summed E-state index contributed by atoms with van der Waals surface area (Å²) in [6, 6.07) is 20.5. The van der Waals surface area contributed by atoms with Gasteiger partial charge in [0, 0.05) is 9.77 Å². The fourth-order valence-corrected chi connectivity index (χ4v) is 6.27. The van der Waals surface area contributed by atoms with Crippen LogP contribution in [0.2, 0.25) is 0 Å². The first-order valence-electron chi connectivity index (χ1n) is 10.4. The van der Waals surface area contributed by atoms with Crippen LogP contribution in [-0.4, -0.2) is 9.55 Å². The number of aryl methyl sites for hydroxylation is 1. The van der Waals surface area contributed by atoms with Crippen LogP contribution in [0.5, 0.6) is 0 Å². The monoisotopic (exact) mass is 432 g/mol. The minimum Gasteiger partial charge on any atom is -0.291 e. The molecule has 0 fully saturated rings. The van der Waals surface area contributed by atoms with Gasteiger partial charge in [-0.1, -0.05) is 55.5 Å². The van der Waals surface area contributed by atoms with E-state index < -0.39 is 0 Å². The Morgan fingerprint density at radius 2 is 1.83 bits per heavy atom. The number of rotatable bonds is 5. The lowest BCUT2D eigenvalue weighted by Gasteiger charge is -2.18. The van der Waals surface area contributed by atoms with Crippen molar-refractivity contribution in [3.05, 3.63) is 92.8 Å². The first-order chi connectivity index (χ1) is 14.7. The summed E-state index contributed by atoms with van der Waals surface area (Å²) in [5, 5.41) is 0.867. The molecule has 3 nitrogen and oxygen atoms in total. The van der Waals surface area contributed by atoms with E-state index in [1.165, 1.54) is 21.8 Å². The van der Waals surface area contributed by atoms with E-state index in [2.05, 4.69) is 31.2 Å². The van der Waals surface area contributed by atoms with Crippen molar-refractivity contribution in [3.63, 3.8) is 0 Å². The Hall–Kier alpha value is -2.37. The molecule has 5 rings (SSSR count). The molecule has 0 aliphatic heterocycles. The molecule has 30 heavy (non-hydrogen) atoms. The van der Waals surface area contributed by atoms with E-state index in [0.717, 1.165) is 34.4 Å². The molecule has 2 aromatic carbocycles. The van der Waals surface area contributed by atoms with Crippen LogP contribution in [-0.2, 0) is 25.1 Å². The number of benzene rings is 2. The molecular formula is C25H24N2OS2. The van der Waals surface area contributed by atoms with Gasteiger partial charge in [0.1, 0.15) is 10.7 Å². The van der Waals surface area contributed by atoms with Crippen molar-refractivity contribution in [2.75, 3.05) is 0 Å². The third-order valence-corrected chi connectivity index (χ3v) is 7.98. The highest BCUT2D eigenvalue weighted by Crippen LogP contribution is 2.36. The van der Waals surface area contributed by atoms with Crippen LogP contribution in [0.4, 0.5) is 0 Å². The highest BCUT2D eigenvalue weighted by molar-refractivity contribution is 7.98. The lowest BCUT2D eigenvalue weighted by atomic mass is 9.89. The highest BCUT2D eigenvalue weighted by Gasteiger charge is 2.24. The van der Waals surface area contributed by atoms with Crippen LogP contribution in [0, 0.1) is 5.92 Å². The second-order valence-electron chi connectivity index (χ2n) is 8.04. The van der Waals surface area contributed by atoms with E-state index >= 15 is 0 Å². The number of fused-ring (bicyclic) bond motifs is 3. The molecule has 152 valence electrons. The third-order valence-electron chi connectivity index (χ3n) is 5.78. The maximum Gasteiger partial charge on any atom is 0.262 e. The van der Waals surface area contributed by atoms with Gasteiger partial charge in [-0.15, -0.1) is 23.1 Å². The topological polar surface area (TPSA) is 34.9 Å². The number of hydrogen-bond acceptors (Lipinski definition) is 4. The fourth-order valence-electron chi connectivity index (χ4n) is 4.18. The minimum atomic E-state index is 0.124. The molecule has 5 heteroatoms. The van der Waals surface area contributed by atoms with Crippen LogP contribution in [0.15, 0.2) is 70.4 Å². The zero-order valence-corrected chi connectivity index (χ0v) is 18.6. The summed E-state index contributed by atoms with van der Waals surface area (Å²) in [5.41, 5.74) is 2.51. The molecule has 0 saturated heterocycles. The van der Waals surface area contributed by atoms with Gasteiger partial charge in [0.25, 0.3) is 5.56 Å². The second-order valence-corrected chi connectivity index (χ2v) is 10.2. The molecule has 0 bridgehead atoms. The van der Waals surface area contributed by atoms with Gasteiger partial charge in [0.2, 0.25) is 0 Å². The summed E-state index contributed by atoms with van der Waals surface area (Å²) < 4.78 is 1.90. The molecule has 0 spiro atoms. The Kier molecular flexibility index (Phi) is 5.48. The SMILES string of the molecule is CC1CCc2sc3nc(CSc4ccccc4)n(Cc4ccccc4)c(=O)c3c2C1. The van der Waals surface area contributed by atoms with Crippen molar-refractivity contribution in [2.45, 2.75) is 43.4 Å². The quantitative estimate of drug-likeness (QED) is 0.367. The Morgan fingerprint density at radius 3 is 2.60 bits per heavy atom. The van der Waals surface area contributed by atoms with Gasteiger partial charge in [0.15, 0.2) is 0 Å².